The third-order valence-electron chi connectivity index (χ3n) is 4.31. The maximum Gasteiger partial charge on any atom is -0.0131 e. The monoisotopic (exact) mass is 244 g/mol. The number of rotatable bonds is 5. The van der Waals surface area contributed by atoms with Gasteiger partial charge in [0.05, 0.1) is 0 Å². The Morgan fingerprint density at radius 3 is 2.28 bits per heavy atom. The highest BCUT2D eigenvalue weighted by Crippen LogP contribution is 2.50. The molecule has 18 heavy (non-hydrogen) atoms. The standard InChI is InChI=1S/C18H28/c1-5-6-7-8-15-13-17(15)14-9-11-16(12-10-14)18(2,3)4/h9-12,15,17H,5-8,13H2,1-4H3/t15-,17+/m0/s1. The molecule has 0 nitrogen and oxygen atoms in total. The molecule has 0 radical (unpaired) electrons. The van der Waals surface area contributed by atoms with E-state index < -0.39 is 0 Å². The van der Waals surface area contributed by atoms with Gasteiger partial charge in [0.25, 0.3) is 0 Å². The summed E-state index contributed by atoms with van der Waals surface area (Å²) in [4.78, 5) is 0. The molecule has 1 fully saturated rings. The molecular formula is C18H28. The number of hydrogen-bond acceptors (Lipinski definition) is 0. The molecule has 0 amide bonds. The maximum absolute atomic E-state index is 2.37. The molecule has 1 saturated carbocycles. The van der Waals surface area contributed by atoms with Gasteiger partial charge in [0.2, 0.25) is 0 Å². The molecule has 1 aliphatic carbocycles. The van der Waals surface area contributed by atoms with Crippen molar-refractivity contribution in [2.24, 2.45) is 5.92 Å². The molecule has 0 bridgehead atoms. The van der Waals surface area contributed by atoms with Gasteiger partial charge in [-0.25, -0.2) is 0 Å². The van der Waals surface area contributed by atoms with Gasteiger partial charge in [0, 0.05) is 0 Å². The minimum atomic E-state index is 0.280. The molecule has 0 aromatic heterocycles. The lowest BCUT2D eigenvalue weighted by Gasteiger charge is -2.19. The lowest BCUT2D eigenvalue weighted by molar-refractivity contribution is 0.589. The van der Waals surface area contributed by atoms with Gasteiger partial charge in [-0.15, -0.1) is 0 Å². The second kappa shape index (κ2) is 5.47. The van der Waals surface area contributed by atoms with E-state index >= 15 is 0 Å². The first kappa shape index (κ1) is 13.6. The van der Waals surface area contributed by atoms with Gasteiger partial charge in [-0.1, -0.05) is 71.2 Å². The minimum Gasteiger partial charge on any atom is -0.0654 e. The summed E-state index contributed by atoms with van der Waals surface area (Å²) in [5.41, 5.74) is 3.31. The van der Waals surface area contributed by atoms with Crippen LogP contribution in [-0.4, -0.2) is 0 Å². The number of hydrogen-bond donors (Lipinski definition) is 0. The summed E-state index contributed by atoms with van der Waals surface area (Å²) < 4.78 is 0. The molecule has 0 spiro atoms. The zero-order valence-corrected chi connectivity index (χ0v) is 12.5. The fourth-order valence-electron chi connectivity index (χ4n) is 2.86. The zero-order valence-electron chi connectivity index (χ0n) is 12.5. The van der Waals surface area contributed by atoms with E-state index in [1.54, 1.807) is 5.56 Å². The van der Waals surface area contributed by atoms with E-state index in [0.717, 1.165) is 11.8 Å². The Balaban J connectivity index is 1.88. The molecule has 100 valence electrons. The van der Waals surface area contributed by atoms with Crippen molar-refractivity contribution in [1.29, 1.82) is 0 Å². The summed E-state index contributed by atoms with van der Waals surface area (Å²) in [7, 11) is 0. The summed E-state index contributed by atoms with van der Waals surface area (Å²) >= 11 is 0. The topological polar surface area (TPSA) is 0 Å². The Kier molecular flexibility index (Phi) is 4.14. The SMILES string of the molecule is CCCCC[C@H]1C[C@@H]1c1ccc(C(C)(C)C)cc1. The van der Waals surface area contributed by atoms with E-state index in [-0.39, 0.29) is 5.41 Å². The van der Waals surface area contributed by atoms with Crippen LogP contribution in [0.15, 0.2) is 24.3 Å². The third-order valence-corrected chi connectivity index (χ3v) is 4.31. The lowest BCUT2D eigenvalue weighted by atomic mass is 9.86. The average molecular weight is 244 g/mol. The quantitative estimate of drug-likeness (QED) is 0.586. The summed E-state index contributed by atoms with van der Waals surface area (Å²) in [6, 6.07) is 9.39. The van der Waals surface area contributed by atoms with Crippen LogP contribution in [0.4, 0.5) is 0 Å². The predicted octanol–water partition coefficient (Wildman–Crippen LogP) is 5.67. The van der Waals surface area contributed by atoms with Crippen LogP contribution in [0, 0.1) is 5.92 Å². The van der Waals surface area contributed by atoms with E-state index in [9.17, 15) is 0 Å². The van der Waals surface area contributed by atoms with Crippen LogP contribution in [0.1, 0.15) is 76.8 Å². The molecule has 0 saturated heterocycles. The highest BCUT2D eigenvalue weighted by atomic mass is 14.4. The van der Waals surface area contributed by atoms with Crippen molar-refractivity contribution in [3.63, 3.8) is 0 Å². The van der Waals surface area contributed by atoms with Gasteiger partial charge >= 0.3 is 0 Å². The summed E-state index contributed by atoms with van der Waals surface area (Å²) in [6.45, 7) is 9.14. The molecule has 0 heteroatoms. The van der Waals surface area contributed by atoms with Crippen LogP contribution in [-0.2, 0) is 5.41 Å². The van der Waals surface area contributed by atoms with Gasteiger partial charge in [-0.05, 0) is 41.2 Å². The molecule has 1 aromatic rings. The molecule has 0 aliphatic heterocycles. The van der Waals surface area contributed by atoms with Crippen molar-refractivity contribution in [2.75, 3.05) is 0 Å². The molecule has 0 unspecified atom stereocenters. The zero-order chi connectivity index (χ0) is 13.2. The fraction of sp³-hybridized carbons (Fsp3) is 0.667. The van der Waals surface area contributed by atoms with Gasteiger partial charge in [0.1, 0.15) is 0 Å². The molecule has 0 heterocycles. The van der Waals surface area contributed by atoms with Gasteiger partial charge in [0.15, 0.2) is 0 Å². The van der Waals surface area contributed by atoms with Gasteiger partial charge < -0.3 is 0 Å². The second-order valence-corrected chi connectivity index (χ2v) is 6.97. The van der Waals surface area contributed by atoms with Crippen molar-refractivity contribution in [3.8, 4) is 0 Å². The molecular weight excluding hydrogens is 216 g/mol. The maximum atomic E-state index is 2.37. The molecule has 0 N–H and O–H groups in total. The van der Waals surface area contributed by atoms with Crippen LogP contribution >= 0.6 is 0 Å². The fourth-order valence-corrected chi connectivity index (χ4v) is 2.86. The first-order chi connectivity index (χ1) is 8.52. The van der Waals surface area contributed by atoms with E-state index in [1.807, 2.05) is 0 Å². The Hall–Kier alpha value is -0.780. The molecule has 2 rings (SSSR count). The molecule has 2 atom stereocenters. The largest absolute Gasteiger partial charge is 0.0654 e. The van der Waals surface area contributed by atoms with Crippen molar-refractivity contribution in [3.05, 3.63) is 35.4 Å². The van der Waals surface area contributed by atoms with Crippen LogP contribution in [0.2, 0.25) is 0 Å². The van der Waals surface area contributed by atoms with Crippen LogP contribution in [0.3, 0.4) is 0 Å². The van der Waals surface area contributed by atoms with Crippen molar-refractivity contribution >= 4 is 0 Å². The van der Waals surface area contributed by atoms with Crippen LogP contribution < -0.4 is 0 Å². The van der Waals surface area contributed by atoms with Crippen molar-refractivity contribution in [1.82, 2.24) is 0 Å². The second-order valence-electron chi connectivity index (χ2n) is 6.97. The number of benzene rings is 1. The summed E-state index contributed by atoms with van der Waals surface area (Å²) in [6.07, 6.45) is 7.06. The molecule has 1 aliphatic rings. The average Bonchev–Trinajstić information content (AvgIpc) is 3.08. The van der Waals surface area contributed by atoms with E-state index in [4.69, 9.17) is 0 Å². The molecule has 1 aromatic carbocycles. The van der Waals surface area contributed by atoms with Crippen LogP contribution in [0.5, 0.6) is 0 Å². The third kappa shape index (κ3) is 3.37. The smallest absolute Gasteiger partial charge is 0.0131 e. The van der Waals surface area contributed by atoms with Crippen molar-refractivity contribution in [2.45, 2.75) is 71.1 Å². The Bertz CT molecular complexity index is 366. The summed E-state index contributed by atoms with van der Waals surface area (Å²) in [5, 5.41) is 0. The summed E-state index contributed by atoms with van der Waals surface area (Å²) in [5.74, 6) is 1.85. The highest BCUT2D eigenvalue weighted by Gasteiger charge is 2.37. The first-order valence-corrected chi connectivity index (χ1v) is 7.63. The highest BCUT2D eigenvalue weighted by molar-refractivity contribution is 5.32. The Morgan fingerprint density at radius 1 is 1.06 bits per heavy atom. The first-order valence-electron chi connectivity index (χ1n) is 7.63. The van der Waals surface area contributed by atoms with Crippen molar-refractivity contribution < 1.29 is 0 Å². The Labute approximate surface area is 113 Å². The normalized spacial score (nSPS) is 23.1. The predicted molar refractivity (Wildman–Crippen MR) is 80.1 cm³/mol. The van der Waals surface area contributed by atoms with E-state index in [2.05, 4.69) is 52.0 Å². The van der Waals surface area contributed by atoms with Gasteiger partial charge in [-0.2, -0.15) is 0 Å². The minimum absolute atomic E-state index is 0.280. The lowest BCUT2D eigenvalue weighted by Crippen LogP contribution is -2.10. The van der Waals surface area contributed by atoms with E-state index in [0.29, 0.717) is 0 Å². The van der Waals surface area contributed by atoms with Crippen LogP contribution in [0.25, 0.3) is 0 Å². The van der Waals surface area contributed by atoms with E-state index in [1.165, 1.54) is 37.7 Å². The number of unbranched alkanes of at least 4 members (excludes halogenated alkanes) is 2. The van der Waals surface area contributed by atoms with Gasteiger partial charge in [-0.3, -0.25) is 0 Å². The Morgan fingerprint density at radius 2 is 1.72 bits per heavy atom.